The van der Waals surface area contributed by atoms with E-state index in [1.54, 1.807) is 11.1 Å². The first kappa shape index (κ1) is 16.0. The molecular formula is C16H24N4O3. The second kappa shape index (κ2) is 5.96. The zero-order valence-corrected chi connectivity index (χ0v) is 14.0. The van der Waals surface area contributed by atoms with Crippen molar-refractivity contribution in [2.45, 2.75) is 38.3 Å². The number of hydrogen-bond donors (Lipinski definition) is 0. The molecule has 7 nitrogen and oxygen atoms in total. The van der Waals surface area contributed by atoms with E-state index in [1.807, 2.05) is 36.6 Å². The first-order valence-corrected chi connectivity index (χ1v) is 8.08. The molecule has 2 fully saturated rings. The van der Waals surface area contributed by atoms with Crippen LogP contribution in [0.3, 0.4) is 0 Å². The fourth-order valence-electron chi connectivity index (χ4n) is 3.51. The molecule has 0 unspecified atom stereocenters. The van der Waals surface area contributed by atoms with E-state index in [1.165, 1.54) is 0 Å². The number of aromatic nitrogens is 2. The van der Waals surface area contributed by atoms with Crippen LogP contribution in [0.15, 0.2) is 12.4 Å². The molecule has 1 aromatic rings. The molecule has 0 N–H and O–H groups in total. The van der Waals surface area contributed by atoms with Gasteiger partial charge in [-0.2, -0.15) is 0 Å². The lowest BCUT2D eigenvalue weighted by Gasteiger charge is -2.46. The molecule has 7 heteroatoms. The summed E-state index contributed by atoms with van der Waals surface area (Å²) in [6, 6.07) is -0.247. The van der Waals surface area contributed by atoms with Crippen molar-refractivity contribution in [2.24, 2.45) is 0 Å². The van der Waals surface area contributed by atoms with Crippen LogP contribution in [0.4, 0.5) is 0 Å². The van der Waals surface area contributed by atoms with Gasteiger partial charge in [0.15, 0.2) is 0 Å². The van der Waals surface area contributed by atoms with Gasteiger partial charge in [0.2, 0.25) is 11.8 Å². The fraction of sp³-hybridized carbons (Fsp3) is 0.688. The maximum atomic E-state index is 12.7. The molecule has 1 aromatic heterocycles. The summed E-state index contributed by atoms with van der Waals surface area (Å²) in [6.45, 7) is 5.90. The standard InChI is InChI=1S/C16H24N4O3/c1-12(20-9-6-17-13(20)2)15(22)19-7-4-16(5-8-19)11-18(3)14(21)10-23-16/h6,9,12H,4-5,7-8,10-11H2,1-3H3/t12-/m0/s1. The van der Waals surface area contributed by atoms with Crippen LogP contribution in [0.1, 0.15) is 31.6 Å². The number of likely N-dealkylation sites (tertiary alicyclic amines) is 1. The normalized spacial score (nSPS) is 22.5. The second-order valence-electron chi connectivity index (χ2n) is 6.60. The SMILES string of the molecule is Cc1nccn1[C@@H](C)C(=O)N1CCC2(CC1)CN(C)C(=O)CO2. The maximum Gasteiger partial charge on any atom is 0.248 e. The molecule has 2 saturated heterocycles. The molecule has 2 aliphatic heterocycles. The van der Waals surface area contributed by atoms with Gasteiger partial charge in [-0.25, -0.2) is 4.98 Å². The van der Waals surface area contributed by atoms with Crippen molar-refractivity contribution in [3.8, 4) is 0 Å². The lowest BCUT2D eigenvalue weighted by Crippen LogP contribution is -2.58. The zero-order valence-electron chi connectivity index (χ0n) is 14.0. The molecule has 1 spiro atoms. The summed E-state index contributed by atoms with van der Waals surface area (Å²) in [6.07, 6.45) is 5.10. The summed E-state index contributed by atoms with van der Waals surface area (Å²) in [5.41, 5.74) is -0.284. The summed E-state index contributed by atoms with van der Waals surface area (Å²) < 4.78 is 7.72. The molecule has 3 heterocycles. The van der Waals surface area contributed by atoms with Crippen molar-refractivity contribution in [1.82, 2.24) is 19.4 Å². The van der Waals surface area contributed by atoms with Gasteiger partial charge in [-0.1, -0.05) is 0 Å². The number of amides is 2. The van der Waals surface area contributed by atoms with E-state index in [-0.39, 0.29) is 30.1 Å². The Bertz CT molecular complexity index is 604. The maximum absolute atomic E-state index is 12.7. The average Bonchev–Trinajstić information content (AvgIpc) is 2.97. The van der Waals surface area contributed by atoms with Gasteiger partial charge >= 0.3 is 0 Å². The van der Waals surface area contributed by atoms with Crippen LogP contribution >= 0.6 is 0 Å². The van der Waals surface area contributed by atoms with Crippen LogP contribution in [0.2, 0.25) is 0 Å². The zero-order chi connectivity index (χ0) is 16.6. The highest BCUT2D eigenvalue weighted by Gasteiger charge is 2.42. The highest BCUT2D eigenvalue weighted by Crippen LogP contribution is 2.31. The number of rotatable bonds is 2. The van der Waals surface area contributed by atoms with Gasteiger partial charge in [-0.15, -0.1) is 0 Å². The molecule has 2 aliphatic rings. The molecule has 0 aliphatic carbocycles. The van der Waals surface area contributed by atoms with E-state index in [9.17, 15) is 9.59 Å². The van der Waals surface area contributed by atoms with Crippen LogP contribution in [-0.2, 0) is 14.3 Å². The molecule has 3 rings (SSSR count). The molecule has 2 amide bonds. The Balaban J connectivity index is 1.62. The van der Waals surface area contributed by atoms with Crippen LogP contribution in [0.25, 0.3) is 0 Å². The number of aryl methyl sites for hydroxylation is 1. The highest BCUT2D eigenvalue weighted by molar-refractivity contribution is 5.80. The Morgan fingerprint density at radius 2 is 2.09 bits per heavy atom. The number of piperidine rings is 1. The van der Waals surface area contributed by atoms with Crippen molar-refractivity contribution in [2.75, 3.05) is 33.3 Å². The van der Waals surface area contributed by atoms with Crippen LogP contribution in [-0.4, -0.2) is 70.1 Å². The Labute approximate surface area is 136 Å². The summed E-state index contributed by atoms with van der Waals surface area (Å²) in [4.78, 5) is 32.1. The third-order valence-corrected chi connectivity index (χ3v) is 5.08. The van der Waals surface area contributed by atoms with Gasteiger partial charge in [0.25, 0.3) is 0 Å². The lowest BCUT2D eigenvalue weighted by molar-refractivity contribution is -0.171. The van der Waals surface area contributed by atoms with E-state index >= 15 is 0 Å². The molecular weight excluding hydrogens is 296 g/mol. The molecule has 23 heavy (non-hydrogen) atoms. The Morgan fingerprint density at radius 3 is 2.65 bits per heavy atom. The van der Waals surface area contributed by atoms with Gasteiger partial charge in [0, 0.05) is 39.1 Å². The number of imidazole rings is 1. The van der Waals surface area contributed by atoms with Crippen molar-refractivity contribution >= 4 is 11.8 Å². The quantitative estimate of drug-likeness (QED) is 0.800. The Morgan fingerprint density at radius 1 is 1.39 bits per heavy atom. The van der Waals surface area contributed by atoms with Crippen LogP contribution in [0.5, 0.6) is 0 Å². The third-order valence-electron chi connectivity index (χ3n) is 5.08. The smallest absolute Gasteiger partial charge is 0.248 e. The Kier molecular flexibility index (Phi) is 4.14. The first-order valence-electron chi connectivity index (χ1n) is 8.08. The highest BCUT2D eigenvalue weighted by atomic mass is 16.5. The van der Waals surface area contributed by atoms with Crippen LogP contribution < -0.4 is 0 Å². The van der Waals surface area contributed by atoms with Gasteiger partial charge in [0.1, 0.15) is 18.5 Å². The van der Waals surface area contributed by atoms with E-state index in [4.69, 9.17) is 4.74 Å². The van der Waals surface area contributed by atoms with Gasteiger partial charge in [-0.3, -0.25) is 9.59 Å². The number of carbonyl (C=O) groups is 2. The molecule has 0 bridgehead atoms. The summed E-state index contributed by atoms with van der Waals surface area (Å²) in [5.74, 6) is 0.981. The number of nitrogens with zero attached hydrogens (tertiary/aromatic N) is 4. The number of ether oxygens (including phenoxy) is 1. The van der Waals surface area contributed by atoms with Crippen LogP contribution in [0, 0.1) is 6.92 Å². The molecule has 126 valence electrons. The molecule has 0 aromatic carbocycles. The first-order chi connectivity index (χ1) is 10.9. The number of carbonyl (C=O) groups excluding carboxylic acids is 2. The summed E-state index contributed by atoms with van der Waals surface area (Å²) >= 11 is 0. The van der Waals surface area contributed by atoms with Gasteiger partial charge in [-0.05, 0) is 26.7 Å². The molecule has 1 atom stereocenters. The predicted molar refractivity (Wildman–Crippen MR) is 83.8 cm³/mol. The largest absolute Gasteiger partial charge is 0.363 e. The minimum Gasteiger partial charge on any atom is -0.363 e. The topological polar surface area (TPSA) is 67.7 Å². The minimum atomic E-state index is -0.284. The molecule has 0 radical (unpaired) electrons. The van der Waals surface area contributed by atoms with Crippen molar-refractivity contribution in [1.29, 1.82) is 0 Å². The monoisotopic (exact) mass is 320 g/mol. The lowest BCUT2D eigenvalue weighted by atomic mass is 9.89. The summed E-state index contributed by atoms with van der Waals surface area (Å²) in [7, 11) is 1.81. The summed E-state index contributed by atoms with van der Waals surface area (Å²) in [5, 5.41) is 0. The number of likely N-dealkylation sites (N-methyl/N-ethyl adjacent to an activating group) is 1. The Hall–Kier alpha value is -1.89. The van der Waals surface area contributed by atoms with Crippen molar-refractivity contribution in [3.05, 3.63) is 18.2 Å². The van der Waals surface area contributed by atoms with E-state index in [0.717, 1.165) is 18.7 Å². The minimum absolute atomic E-state index is 0.0262. The van der Waals surface area contributed by atoms with Crippen molar-refractivity contribution in [3.63, 3.8) is 0 Å². The van der Waals surface area contributed by atoms with E-state index in [0.29, 0.717) is 19.6 Å². The average molecular weight is 320 g/mol. The molecule has 0 saturated carbocycles. The van der Waals surface area contributed by atoms with Gasteiger partial charge < -0.3 is 19.1 Å². The van der Waals surface area contributed by atoms with Crippen molar-refractivity contribution < 1.29 is 14.3 Å². The third kappa shape index (κ3) is 2.97. The van der Waals surface area contributed by atoms with Gasteiger partial charge in [0.05, 0.1) is 5.60 Å². The predicted octanol–water partition coefficient (Wildman–Crippen LogP) is 0.602. The van der Waals surface area contributed by atoms with E-state index < -0.39 is 0 Å². The fourth-order valence-corrected chi connectivity index (χ4v) is 3.51. The number of hydrogen-bond acceptors (Lipinski definition) is 4. The second-order valence-corrected chi connectivity index (χ2v) is 6.60. The number of morpholine rings is 1. The van der Waals surface area contributed by atoms with E-state index in [2.05, 4.69) is 4.98 Å².